The third-order valence-corrected chi connectivity index (χ3v) is 4.36. The van der Waals surface area contributed by atoms with Crippen LogP contribution < -0.4 is 5.32 Å². The molecule has 2 heterocycles. The first-order chi connectivity index (χ1) is 9.65. The molecule has 0 fully saturated rings. The summed E-state index contributed by atoms with van der Waals surface area (Å²) in [6, 6.07) is 4.68. The second-order valence-electron chi connectivity index (χ2n) is 4.42. The Bertz CT molecular complexity index is 772. The Labute approximate surface area is 124 Å². The minimum absolute atomic E-state index is 0.129. The van der Waals surface area contributed by atoms with Crippen molar-refractivity contribution in [1.82, 2.24) is 9.97 Å². The van der Waals surface area contributed by atoms with Gasteiger partial charge < -0.3 is 5.32 Å². The van der Waals surface area contributed by atoms with Crippen LogP contribution in [0.1, 0.15) is 11.1 Å². The number of thiophene rings is 1. The second-order valence-corrected chi connectivity index (χ2v) is 5.71. The lowest BCUT2D eigenvalue weighted by molar-refractivity contribution is 0.627. The van der Waals surface area contributed by atoms with Crippen LogP contribution in [-0.2, 0) is 6.54 Å². The number of hydrogen-bond donors (Lipinski definition) is 1. The SMILES string of the molecule is Cc1csc2c(NCc3ccc(F)c(Cl)c3)ncnc12. The van der Waals surface area contributed by atoms with Crippen molar-refractivity contribution in [3.63, 3.8) is 0 Å². The van der Waals surface area contributed by atoms with Crippen LogP contribution >= 0.6 is 22.9 Å². The Morgan fingerprint density at radius 3 is 3.00 bits per heavy atom. The smallest absolute Gasteiger partial charge is 0.147 e. The number of hydrogen-bond acceptors (Lipinski definition) is 4. The topological polar surface area (TPSA) is 37.8 Å². The first kappa shape index (κ1) is 13.3. The van der Waals surface area contributed by atoms with Gasteiger partial charge in [-0.25, -0.2) is 14.4 Å². The van der Waals surface area contributed by atoms with E-state index in [1.165, 1.54) is 6.07 Å². The van der Waals surface area contributed by atoms with Gasteiger partial charge in [-0.1, -0.05) is 17.7 Å². The molecule has 1 aromatic carbocycles. The number of halogens is 2. The van der Waals surface area contributed by atoms with Crippen LogP contribution in [0.2, 0.25) is 5.02 Å². The molecule has 0 aliphatic carbocycles. The van der Waals surface area contributed by atoms with Gasteiger partial charge in [-0.05, 0) is 35.6 Å². The summed E-state index contributed by atoms with van der Waals surface area (Å²) in [6.07, 6.45) is 1.54. The number of aryl methyl sites for hydroxylation is 1. The van der Waals surface area contributed by atoms with Crippen LogP contribution in [0.15, 0.2) is 29.9 Å². The standard InChI is InChI=1S/C14H11ClFN3S/c1-8-6-20-13-12(8)18-7-19-14(13)17-5-9-2-3-11(16)10(15)4-9/h2-4,6-7H,5H2,1H3,(H,17,18,19). The van der Waals surface area contributed by atoms with Gasteiger partial charge in [0.15, 0.2) is 0 Å². The summed E-state index contributed by atoms with van der Waals surface area (Å²) < 4.78 is 14.1. The molecule has 0 aliphatic heterocycles. The van der Waals surface area contributed by atoms with Gasteiger partial charge in [0.25, 0.3) is 0 Å². The lowest BCUT2D eigenvalue weighted by atomic mass is 10.2. The molecular weight excluding hydrogens is 297 g/mol. The van der Waals surface area contributed by atoms with Gasteiger partial charge in [-0.15, -0.1) is 11.3 Å². The van der Waals surface area contributed by atoms with E-state index in [-0.39, 0.29) is 5.02 Å². The van der Waals surface area contributed by atoms with Crippen LogP contribution in [0.5, 0.6) is 0 Å². The maximum atomic E-state index is 13.1. The largest absolute Gasteiger partial charge is 0.365 e. The fourth-order valence-electron chi connectivity index (χ4n) is 1.93. The second kappa shape index (κ2) is 5.34. The quantitative estimate of drug-likeness (QED) is 0.779. The van der Waals surface area contributed by atoms with Crippen LogP contribution in [0.4, 0.5) is 10.2 Å². The summed E-state index contributed by atoms with van der Waals surface area (Å²) in [5.41, 5.74) is 3.00. The highest BCUT2D eigenvalue weighted by molar-refractivity contribution is 7.18. The van der Waals surface area contributed by atoms with E-state index in [0.717, 1.165) is 27.2 Å². The van der Waals surface area contributed by atoms with Gasteiger partial charge in [0.2, 0.25) is 0 Å². The van der Waals surface area contributed by atoms with E-state index < -0.39 is 5.82 Å². The van der Waals surface area contributed by atoms with E-state index in [0.29, 0.717) is 6.54 Å². The van der Waals surface area contributed by atoms with Crippen molar-refractivity contribution in [3.8, 4) is 0 Å². The van der Waals surface area contributed by atoms with Gasteiger partial charge in [0, 0.05) is 6.54 Å². The number of aromatic nitrogens is 2. The number of fused-ring (bicyclic) bond motifs is 1. The monoisotopic (exact) mass is 307 g/mol. The van der Waals surface area contributed by atoms with Crippen molar-refractivity contribution in [1.29, 1.82) is 0 Å². The fraction of sp³-hybridized carbons (Fsp3) is 0.143. The van der Waals surface area contributed by atoms with Crippen LogP contribution in [0.3, 0.4) is 0 Å². The van der Waals surface area contributed by atoms with Crippen molar-refractivity contribution in [2.24, 2.45) is 0 Å². The highest BCUT2D eigenvalue weighted by atomic mass is 35.5. The molecule has 6 heteroatoms. The number of benzene rings is 1. The number of nitrogens with one attached hydrogen (secondary N) is 1. The minimum atomic E-state index is -0.409. The summed E-state index contributed by atoms with van der Waals surface area (Å²) in [4.78, 5) is 8.53. The zero-order chi connectivity index (χ0) is 14.1. The molecule has 0 atom stereocenters. The molecule has 0 saturated heterocycles. The maximum Gasteiger partial charge on any atom is 0.147 e. The van der Waals surface area contributed by atoms with Crippen molar-refractivity contribution in [2.45, 2.75) is 13.5 Å². The molecule has 0 unspecified atom stereocenters. The third kappa shape index (κ3) is 2.46. The summed E-state index contributed by atoms with van der Waals surface area (Å²) in [5.74, 6) is 0.377. The molecule has 0 aliphatic rings. The molecule has 0 bridgehead atoms. The lowest BCUT2D eigenvalue weighted by Gasteiger charge is -2.07. The van der Waals surface area contributed by atoms with Crippen LogP contribution in [-0.4, -0.2) is 9.97 Å². The average Bonchev–Trinajstić information content (AvgIpc) is 2.83. The molecule has 0 amide bonds. The van der Waals surface area contributed by atoms with Gasteiger partial charge in [-0.3, -0.25) is 0 Å². The normalized spacial score (nSPS) is 10.9. The third-order valence-electron chi connectivity index (χ3n) is 2.97. The van der Waals surface area contributed by atoms with Gasteiger partial charge in [0.05, 0.1) is 15.2 Å². The van der Waals surface area contributed by atoms with Gasteiger partial charge >= 0.3 is 0 Å². The number of rotatable bonds is 3. The Morgan fingerprint density at radius 1 is 1.35 bits per heavy atom. The summed E-state index contributed by atoms with van der Waals surface area (Å²) in [6.45, 7) is 2.55. The highest BCUT2D eigenvalue weighted by Gasteiger charge is 2.08. The molecule has 2 aromatic heterocycles. The van der Waals surface area contributed by atoms with Gasteiger partial charge in [0.1, 0.15) is 18.0 Å². The van der Waals surface area contributed by atoms with E-state index in [1.54, 1.807) is 29.8 Å². The number of anilines is 1. The lowest BCUT2D eigenvalue weighted by Crippen LogP contribution is -2.02. The predicted molar refractivity (Wildman–Crippen MR) is 80.9 cm³/mol. The Balaban J connectivity index is 1.85. The first-order valence-corrected chi connectivity index (χ1v) is 7.27. The molecular formula is C14H11ClFN3S. The minimum Gasteiger partial charge on any atom is -0.365 e. The van der Waals surface area contributed by atoms with Crippen molar-refractivity contribution < 1.29 is 4.39 Å². The van der Waals surface area contributed by atoms with Crippen molar-refractivity contribution >= 4 is 39.0 Å². The Hall–Kier alpha value is -1.72. The van der Waals surface area contributed by atoms with E-state index >= 15 is 0 Å². The first-order valence-electron chi connectivity index (χ1n) is 6.02. The molecule has 20 heavy (non-hydrogen) atoms. The molecule has 3 rings (SSSR count). The molecule has 0 saturated carbocycles. The molecule has 0 radical (unpaired) electrons. The highest BCUT2D eigenvalue weighted by Crippen LogP contribution is 2.28. The van der Waals surface area contributed by atoms with Gasteiger partial charge in [-0.2, -0.15) is 0 Å². The zero-order valence-electron chi connectivity index (χ0n) is 10.7. The fourth-order valence-corrected chi connectivity index (χ4v) is 3.10. The summed E-state index contributed by atoms with van der Waals surface area (Å²) in [7, 11) is 0. The average molecular weight is 308 g/mol. The van der Waals surface area contributed by atoms with E-state index in [2.05, 4.69) is 20.7 Å². The van der Waals surface area contributed by atoms with Crippen molar-refractivity contribution in [3.05, 3.63) is 51.9 Å². The van der Waals surface area contributed by atoms with Crippen LogP contribution in [0.25, 0.3) is 10.2 Å². The van der Waals surface area contributed by atoms with E-state index in [1.807, 2.05) is 6.92 Å². The predicted octanol–water partition coefficient (Wildman–Crippen LogP) is 4.40. The summed E-state index contributed by atoms with van der Waals surface area (Å²) >= 11 is 7.38. The zero-order valence-corrected chi connectivity index (χ0v) is 12.2. The number of nitrogens with zero attached hydrogens (tertiary/aromatic N) is 2. The Morgan fingerprint density at radius 2 is 2.20 bits per heavy atom. The van der Waals surface area contributed by atoms with E-state index in [9.17, 15) is 4.39 Å². The Kier molecular flexibility index (Phi) is 3.54. The van der Waals surface area contributed by atoms with Crippen molar-refractivity contribution in [2.75, 3.05) is 5.32 Å². The van der Waals surface area contributed by atoms with E-state index in [4.69, 9.17) is 11.6 Å². The van der Waals surface area contributed by atoms with Crippen LogP contribution in [0, 0.1) is 12.7 Å². The summed E-state index contributed by atoms with van der Waals surface area (Å²) in [5, 5.41) is 5.43. The molecule has 1 N–H and O–H groups in total. The maximum absolute atomic E-state index is 13.1. The molecule has 3 nitrogen and oxygen atoms in total. The molecule has 3 aromatic rings. The molecule has 102 valence electrons. The molecule has 0 spiro atoms.